The van der Waals surface area contributed by atoms with Crippen LogP contribution in [0.2, 0.25) is 0 Å². The molecule has 78 valence electrons. The van der Waals surface area contributed by atoms with Gasteiger partial charge in [0.1, 0.15) is 0 Å². The maximum Gasteiger partial charge on any atom is 0.0998 e. The van der Waals surface area contributed by atoms with Gasteiger partial charge in [0.05, 0.1) is 16.4 Å². The molecule has 0 saturated carbocycles. The zero-order valence-electron chi connectivity index (χ0n) is 8.39. The van der Waals surface area contributed by atoms with Crippen molar-refractivity contribution in [2.24, 2.45) is 5.73 Å². The van der Waals surface area contributed by atoms with Gasteiger partial charge in [-0.05, 0) is 25.1 Å². The predicted molar refractivity (Wildman–Crippen MR) is 62.7 cm³/mol. The van der Waals surface area contributed by atoms with E-state index in [1.54, 1.807) is 17.5 Å². The molecule has 0 saturated heterocycles. The Morgan fingerprint density at radius 1 is 1.27 bits per heavy atom. The molecule has 4 heteroatoms. The topological polar surface area (TPSA) is 51.8 Å². The number of aromatic nitrogens is 2. The van der Waals surface area contributed by atoms with E-state index in [4.69, 9.17) is 5.73 Å². The van der Waals surface area contributed by atoms with Crippen molar-refractivity contribution in [2.45, 2.75) is 12.8 Å². The second-order valence-electron chi connectivity index (χ2n) is 3.23. The maximum atomic E-state index is 5.46. The van der Waals surface area contributed by atoms with E-state index >= 15 is 0 Å². The van der Waals surface area contributed by atoms with E-state index in [-0.39, 0.29) is 0 Å². The summed E-state index contributed by atoms with van der Waals surface area (Å²) in [6.45, 7) is 0.721. The van der Waals surface area contributed by atoms with Gasteiger partial charge in [-0.25, -0.2) is 4.98 Å². The minimum absolute atomic E-state index is 0.721. The normalized spacial score (nSPS) is 10.5. The van der Waals surface area contributed by atoms with Crippen LogP contribution in [0.1, 0.15) is 11.4 Å². The molecule has 15 heavy (non-hydrogen) atoms. The quantitative estimate of drug-likeness (QED) is 0.856. The molecule has 0 radical (unpaired) electrons. The average molecular weight is 219 g/mol. The van der Waals surface area contributed by atoms with Gasteiger partial charge in [-0.2, -0.15) is 0 Å². The minimum Gasteiger partial charge on any atom is -0.330 e. The maximum absolute atomic E-state index is 5.46. The van der Waals surface area contributed by atoms with Crippen molar-refractivity contribution >= 4 is 11.3 Å². The molecular weight excluding hydrogens is 206 g/mol. The van der Waals surface area contributed by atoms with Gasteiger partial charge in [-0.15, -0.1) is 11.3 Å². The lowest BCUT2D eigenvalue weighted by atomic mass is 10.3. The molecule has 0 aliphatic carbocycles. The Morgan fingerprint density at radius 3 is 2.93 bits per heavy atom. The van der Waals surface area contributed by atoms with Crippen LogP contribution in [0.15, 0.2) is 29.8 Å². The van der Waals surface area contributed by atoms with Crippen LogP contribution in [-0.4, -0.2) is 16.5 Å². The third-order valence-electron chi connectivity index (χ3n) is 2.07. The number of thiazole rings is 1. The molecule has 2 heterocycles. The van der Waals surface area contributed by atoms with Crippen molar-refractivity contribution in [2.75, 3.05) is 6.54 Å². The van der Waals surface area contributed by atoms with Crippen molar-refractivity contribution in [3.05, 3.63) is 34.8 Å². The van der Waals surface area contributed by atoms with Crippen LogP contribution in [0.4, 0.5) is 0 Å². The van der Waals surface area contributed by atoms with Crippen LogP contribution < -0.4 is 5.73 Å². The molecule has 3 nitrogen and oxygen atoms in total. The first-order valence-electron chi connectivity index (χ1n) is 4.96. The highest BCUT2D eigenvalue weighted by Crippen LogP contribution is 2.20. The number of pyridine rings is 1. The fourth-order valence-corrected chi connectivity index (χ4v) is 2.15. The smallest absolute Gasteiger partial charge is 0.0998 e. The molecule has 2 rings (SSSR count). The summed E-state index contributed by atoms with van der Waals surface area (Å²) >= 11 is 1.68. The zero-order valence-corrected chi connectivity index (χ0v) is 9.20. The minimum atomic E-state index is 0.721. The Bertz CT molecular complexity index is 411. The highest BCUT2D eigenvalue weighted by molar-refractivity contribution is 7.09. The summed E-state index contributed by atoms with van der Waals surface area (Å²) in [5, 5.41) is 3.19. The highest BCUT2D eigenvalue weighted by atomic mass is 32.1. The molecule has 2 N–H and O–H groups in total. The Morgan fingerprint density at radius 2 is 2.20 bits per heavy atom. The predicted octanol–water partition coefficient (Wildman–Crippen LogP) is 2.10. The number of aryl methyl sites for hydroxylation is 1. The second-order valence-corrected chi connectivity index (χ2v) is 4.18. The second kappa shape index (κ2) is 5.00. The lowest BCUT2D eigenvalue weighted by molar-refractivity contribution is 0.826. The molecule has 0 aliphatic heterocycles. The molecule has 0 amide bonds. The van der Waals surface area contributed by atoms with Crippen LogP contribution in [0.3, 0.4) is 0 Å². The van der Waals surface area contributed by atoms with E-state index in [2.05, 4.69) is 9.97 Å². The van der Waals surface area contributed by atoms with E-state index in [0.717, 1.165) is 35.8 Å². The van der Waals surface area contributed by atoms with Gasteiger partial charge < -0.3 is 5.73 Å². The van der Waals surface area contributed by atoms with Crippen molar-refractivity contribution < 1.29 is 0 Å². The van der Waals surface area contributed by atoms with Crippen molar-refractivity contribution in [3.8, 4) is 11.4 Å². The first kappa shape index (κ1) is 10.3. The molecule has 2 aromatic rings. The number of hydrogen-bond donors (Lipinski definition) is 1. The van der Waals surface area contributed by atoms with Gasteiger partial charge in [0, 0.05) is 18.0 Å². The summed E-state index contributed by atoms with van der Waals surface area (Å²) in [5.41, 5.74) is 7.36. The van der Waals surface area contributed by atoms with Gasteiger partial charge in [-0.1, -0.05) is 6.07 Å². The lowest BCUT2D eigenvalue weighted by Crippen LogP contribution is -1.99. The molecule has 0 bridgehead atoms. The van der Waals surface area contributed by atoms with Crippen molar-refractivity contribution in [3.63, 3.8) is 0 Å². The molecule has 2 aromatic heterocycles. The number of rotatable bonds is 4. The molecule has 0 fully saturated rings. The van der Waals surface area contributed by atoms with Crippen LogP contribution >= 0.6 is 11.3 Å². The van der Waals surface area contributed by atoms with E-state index in [0.29, 0.717) is 0 Å². The molecule has 0 aliphatic rings. The van der Waals surface area contributed by atoms with E-state index in [1.807, 2.05) is 23.6 Å². The van der Waals surface area contributed by atoms with Crippen LogP contribution in [0.25, 0.3) is 11.4 Å². The number of nitrogens with zero attached hydrogens (tertiary/aromatic N) is 2. The summed E-state index contributed by atoms with van der Waals surface area (Å²) in [7, 11) is 0. The monoisotopic (exact) mass is 219 g/mol. The number of nitrogens with two attached hydrogens (primary N) is 1. The van der Waals surface area contributed by atoms with Gasteiger partial charge in [0.2, 0.25) is 0 Å². The lowest BCUT2D eigenvalue weighted by Gasteiger charge is -1.94. The Balaban J connectivity index is 2.14. The standard InChI is InChI=1S/C11H13N3S/c12-6-3-5-11-14-10(8-15-11)9-4-1-2-7-13-9/h1-2,4,7-8H,3,5-6,12H2. The third-order valence-corrected chi connectivity index (χ3v) is 2.98. The van der Waals surface area contributed by atoms with Gasteiger partial charge in [0.25, 0.3) is 0 Å². The third kappa shape index (κ3) is 2.61. The van der Waals surface area contributed by atoms with Gasteiger partial charge in [0.15, 0.2) is 0 Å². The van der Waals surface area contributed by atoms with Crippen LogP contribution in [0.5, 0.6) is 0 Å². The molecule has 0 unspecified atom stereocenters. The van der Waals surface area contributed by atoms with Gasteiger partial charge in [-0.3, -0.25) is 4.98 Å². The molecule has 0 atom stereocenters. The fraction of sp³-hybridized carbons (Fsp3) is 0.273. The summed E-state index contributed by atoms with van der Waals surface area (Å²) < 4.78 is 0. The molecule has 0 spiro atoms. The molecule has 0 aromatic carbocycles. The first-order chi connectivity index (χ1) is 7.40. The van der Waals surface area contributed by atoms with Crippen molar-refractivity contribution in [1.82, 2.24) is 9.97 Å². The summed E-state index contributed by atoms with van der Waals surface area (Å²) in [6.07, 6.45) is 3.75. The first-order valence-corrected chi connectivity index (χ1v) is 5.84. The van der Waals surface area contributed by atoms with Crippen LogP contribution in [-0.2, 0) is 6.42 Å². The highest BCUT2D eigenvalue weighted by Gasteiger charge is 2.04. The molecular formula is C11H13N3S. The van der Waals surface area contributed by atoms with Crippen LogP contribution in [0, 0.1) is 0 Å². The number of hydrogen-bond acceptors (Lipinski definition) is 4. The average Bonchev–Trinajstić information content (AvgIpc) is 2.76. The summed E-state index contributed by atoms with van der Waals surface area (Å²) in [6, 6.07) is 5.86. The SMILES string of the molecule is NCCCc1nc(-c2ccccn2)cs1. The Labute approximate surface area is 93.0 Å². The van der Waals surface area contributed by atoms with E-state index in [1.165, 1.54) is 0 Å². The van der Waals surface area contributed by atoms with E-state index in [9.17, 15) is 0 Å². The van der Waals surface area contributed by atoms with Gasteiger partial charge >= 0.3 is 0 Å². The summed E-state index contributed by atoms with van der Waals surface area (Å²) in [5.74, 6) is 0. The fourth-order valence-electron chi connectivity index (χ4n) is 1.31. The zero-order chi connectivity index (χ0) is 10.5. The summed E-state index contributed by atoms with van der Waals surface area (Å²) in [4.78, 5) is 8.78. The van der Waals surface area contributed by atoms with E-state index < -0.39 is 0 Å². The van der Waals surface area contributed by atoms with Crippen molar-refractivity contribution in [1.29, 1.82) is 0 Å². The largest absolute Gasteiger partial charge is 0.330 e. The Kier molecular flexibility index (Phi) is 3.42. The Hall–Kier alpha value is -1.26.